The summed E-state index contributed by atoms with van der Waals surface area (Å²) in [6.45, 7) is 4.44. The van der Waals surface area contributed by atoms with E-state index in [1.807, 2.05) is 13.0 Å². The van der Waals surface area contributed by atoms with Gasteiger partial charge in [0.2, 0.25) is 0 Å². The van der Waals surface area contributed by atoms with Crippen molar-refractivity contribution in [1.82, 2.24) is 24.8 Å². The predicted molar refractivity (Wildman–Crippen MR) is 139 cm³/mol. The number of rotatable bonds is 11. The van der Waals surface area contributed by atoms with E-state index in [1.54, 1.807) is 18.3 Å². The highest BCUT2D eigenvalue weighted by molar-refractivity contribution is 6.33. The van der Waals surface area contributed by atoms with Gasteiger partial charge in [-0.05, 0) is 56.1 Å². The van der Waals surface area contributed by atoms with Crippen LogP contribution >= 0.6 is 23.2 Å². The zero-order chi connectivity index (χ0) is 23.8. The molecule has 8 heteroatoms. The number of aryl methyl sites for hydroxylation is 2. The summed E-state index contributed by atoms with van der Waals surface area (Å²) in [5, 5.41) is 8.20. The normalized spacial score (nSPS) is 12.0. The van der Waals surface area contributed by atoms with Gasteiger partial charge in [-0.3, -0.25) is 4.98 Å². The standard InChI is InChI=1S/C26H28Cl2N6/c1-19-24(28)26(33-25(32-19)22-12-11-21(27)17-30-22)31-18-23(20-9-3-2-4-10-20)29-13-5-6-14-34-15-7-8-16-34/h2-4,7-12,15-17,23,29H,5-6,13-14,18H2,1H3,(H,31,32,33)/t23-/m0/s1. The summed E-state index contributed by atoms with van der Waals surface area (Å²) in [5.41, 5.74) is 2.55. The molecule has 0 radical (unpaired) electrons. The Morgan fingerprint density at radius 2 is 1.74 bits per heavy atom. The quantitative estimate of drug-likeness (QED) is 0.243. The smallest absolute Gasteiger partial charge is 0.180 e. The van der Waals surface area contributed by atoms with Crippen molar-refractivity contribution in [2.24, 2.45) is 0 Å². The predicted octanol–water partition coefficient (Wildman–Crippen LogP) is 6.18. The van der Waals surface area contributed by atoms with Gasteiger partial charge in [-0.1, -0.05) is 53.5 Å². The van der Waals surface area contributed by atoms with Crippen molar-refractivity contribution in [1.29, 1.82) is 0 Å². The van der Waals surface area contributed by atoms with Crippen LogP contribution in [0.1, 0.15) is 30.1 Å². The first kappa shape index (κ1) is 24.2. The minimum Gasteiger partial charge on any atom is -0.367 e. The molecule has 1 aromatic carbocycles. The van der Waals surface area contributed by atoms with Crippen LogP contribution in [0.2, 0.25) is 10.0 Å². The fraction of sp³-hybridized carbons (Fsp3) is 0.269. The molecule has 0 saturated heterocycles. The highest BCUT2D eigenvalue weighted by Gasteiger charge is 2.15. The van der Waals surface area contributed by atoms with E-state index < -0.39 is 0 Å². The molecule has 0 aliphatic heterocycles. The molecule has 0 amide bonds. The molecule has 6 nitrogen and oxygen atoms in total. The average molecular weight is 495 g/mol. The number of unbranched alkanes of at least 4 members (excludes halogenated alkanes) is 1. The highest BCUT2D eigenvalue weighted by Crippen LogP contribution is 2.27. The van der Waals surface area contributed by atoms with E-state index >= 15 is 0 Å². The van der Waals surface area contributed by atoms with Crippen LogP contribution in [-0.2, 0) is 6.54 Å². The molecule has 3 aromatic heterocycles. The van der Waals surface area contributed by atoms with Gasteiger partial charge in [-0.25, -0.2) is 9.97 Å². The Bertz CT molecular complexity index is 1160. The summed E-state index contributed by atoms with van der Waals surface area (Å²) in [7, 11) is 0. The third kappa shape index (κ3) is 6.56. The Morgan fingerprint density at radius 1 is 0.941 bits per heavy atom. The Morgan fingerprint density at radius 3 is 2.47 bits per heavy atom. The van der Waals surface area contributed by atoms with Gasteiger partial charge in [0.25, 0.3) is 0 Å². The number of anilines is 1. The lowest BCUT2D eigenvalue weighted by Gasteiger charge is -2.21. The van der Waals surface area contributed by atoms with Gasteiger partial charge >= 0.3 is 0 Å². The molecule has 0 spiro atoms. The molecule has 0 fully saturated rings. The topological polar surface area (TPSA) is 67.7 Å². The minimum atomic E-state index is 0.108. The Balaban J connectivity index is 1.42. The van der Waals surface area contributed by atoms with E-state index in [0.29, 0.717) is 39.6 Å². The number of nitrogens with zero attached hydrogens (tertiary/aromatic N) is 4. The van der Waals surface area contributed by atoms with Crippen molar-refractivity contribution in [2.45, 2.75) is 32.4 Å². The number of halogens is 2. The molecule has 0 aliphatic rings. The molecule has 0 saturated carbocycles. The summed E-state index contributed by atoms with van der Waals surface area (Å²) in [6.07, 6.45) is 7.99. The van der Waals surface area contributed by atoms with E-state index in [-0.39, 0.29) is 6.04 Å². The van der Waals surface area contributed by atoms with Gasteiger partial charge in [0.15, 0.2) is 5.82 Å². The van der Waals surface area contributed by atoms with Crippen molar-refractivity contribution in [3.63, 3.8) is 0 Å². The fourth-order valence-electron chi connectivity index (χ4n) is 3.71. The Labute approximate surface area is 210 Å². The molecular weight excluding hydrogens is 467 g/mol. The molecule has 3 heterocycles. The number of benzene rings is 1. The first-order valence-corrected chi connectivity index (χ1v) is 12.1. The molecule has 4 rings (SSSR count). The number of aromatic nitrogens is 4. The van der Waals surface area contributed by atoms with Crippen molar-refractivity contribution in [3.05, 3.63) is 94.5 Å². The van der Waals surface area contributed by atoms with Gasteiger partial charge in [0.05, 0.1) is 10.7 Å². The molecule has 0 bridgehead atoms. The average Bonchev–Trinajstić information content (AvgIpc) is 3.38. The Kier molecular flexibility index (Phi) is 8.52. The van der Waals surface area contributed by atoms with Gasteiger partial charge < -0.3 is 15.2 Å². The summed E-state index contributed by atoms with van der Waals surface area (Å²) >= 11 is 12.5. The molecule has 176 valence electrons. The van der Waals surface area contributed by atoms with Crippen molar-refractivity contribution < 1.29 is 0 Å². The lowest BCUT2D eigenvalue weighted by Crippen LogP contribution is -2.29. The number of hydrogen-bond acceptors (Lipinski definition) is 5. The van der Waals surface area contributed by atoms with Gasteiger partial charge in [-0.15, -0.1) is 0 Å². The largest absolute Gasteiger partial charge is 0.367 e. The zero-order valence-electron chi connectivity index (χ0n) is 19.1. The third-order valence-electron chi connectivity index (χ3n) is 5.55. The summed E-state index contributed by atoms with van der Waals surface area (Å²) in [4.78, 5) is 13.5. The Hall–Kier alpha value is -2.93. The first-order chi connectivity index (χ1) is 16.6. The van der Waals surface area contributed by atoms with E-state index in [9.17, 15) is 0 Å². The summed E-state index contributed by atoms with van der Waals surface area (Å²) < 4.78 is 2.21. The van der Waals surface area contributed by atoms with E-state index in [2.05, 4.69) is 78.9 Å². The maximum Gasteiger partial charge on any atom is 0.180 e. The molecule has 2 N–H and O–H groups in total. The lowest BCUT2D eigenvalue weighted by molar-refractivity contribution is 0.512. The SMILES string of the molecule is Cc1nc(-c2ccc(Cl)cn2)nc(NC[C@H](NCCCCn2cccc2)c2ccccc2)c1Cl. The first-order valence-electron chi connectivity index (χ1n) is 11.4. The third-order valence-corrected chi connectivity index (χ3v) is 6.23. The summed E-state index contributed by atoms with van der Waals surface area (Å²) in [5.74, 6) is 1.10. The van der Waals surface area contributed by atoms with Gasteiger partial charge in [0.1, 0.15) is 16.5 Å². The number of pyridine rings is 1. The maximum absolute atomic E-state index is 6.55. The number of nitrogens with one attached hydrogen (secondary N) is 2. The van der Waals surface area contributed by atoms with Crippen molar-refractivity contribution in [3.8, 4) is 11.5 Å². The van der Waals surface area contributed by atoms with Crippen LogP contribution in [0, 0.1) is 6.92 Å². The highest BCUT2D eigenvalue weighted by atomic mass is 35.5. The molecule has 1 atom stereocenters. The van der Waals surface area contributed by atoms with Gasteiger partial charge in [0, 0.05) is 37.7 Å². The molecular formula is C26H28Cl2N6. The van der Waals surface area contributed by atoms with Crippen molar-refractivity contribution >= 4 is 29.0 Å². The zero-order valence-corrected chi connectivity index (χ0v) is 20.6. The van der Waals surface area contributed by atoms with Crippen molar-refractivity contribution in [2.75, 3.05) is 18.4 Å². The fourth-order valence-corrected chi connectivity index (χ4v) is 3.97. The van der Waals surface area contributed by atoms with Crippen LogP contribution in [0.25, 0.3) is 11.5 Å². The maximum atomic E-state index is 6.55. The molecule has 0 aliphatic carbocycles. The van der Waals surface area contributed by atoms with Crippen LogP contribution in [0.15, 0.2) is 73.2 Å². The lowest BCUT2D eigenvalue weighted by atomic mass is 10.1. The van der Waals surface area contributed by atoms with Gasteiger partial charge in [-0.2, -0.15) is 0 Å². The second-order valence-corrected chi connectivity index (χ2v) is 8.90. The molecule has 34 heavy (non-hydrogen) atoms. The van der Waals surface area contributed by atoms with Crippen LogP contribution in [0.5, 0.6) is 0 Å². The molecule has 0 unspecified atom stereocenters. The van der Waals surface area contributed by atoms with E-state index in [4.69, 9.17) is 23.2 Å². The van der Waals surface area contributed by atoms with E-state index in [1.165, 1.54) is 5.56 Å². The molecule has 4 aromatic rings. The summed E-state index contributed by atoms with van der Waals surface area (Å²) in [6, 6.07) is 18.2. The van der Waals surface area contributed by atoms with Crippen LogP contribution in [-0.4, -0.2) is 32.6 Å². The second-order valence-electron chi connectivity index (χ2n) is 8.08. The van der Waals surface area contributed by atoms with E-state index in [0.717, 1.165) is 25.9 Å². The second kappa shape index (κ2) is 12.0. The van der Waals surface area contributed by atoms with Crippen LogP contribution in [0.3, 0.4) is 0 Å². The van der Waals surface area contributed by atoms with Crippen LogP contribution < -0.4 is 10.6 Å². The van der Waals surface area contributed by atoms with Crippen LogP contribution in [0.4, 0.5) is 5.82 Å². The monoisotopic (exact) mass is 494 g/mol. The minimum absolute atomic E-state index is 0.108. The number of hydrogen-bond donors (Lipinski definition) is 2.